The highest BCUT2D eigenvalue weighted by atomic mass is 16.5. The number of ether oxygens (including phenoxy) is 2. The van der Waals surface area contributed by atoms with Gasteiger partial charge in [-0.25, -0.2) is 9.59 Å². The summed E-state index contributed by atoms with van der Waals surface area (Å²) < 4.78 is 13.1. The van der Waals surface area contributed by atoms with E-state index >= 15 is 0 Å². The molecule has 0 bridgehead atoms. The summed E-state index contributed by atoms with van der Waals surface area (Å²) in [6, 6.07) is 20.7. The van der Waals surface area contributed by atoms with Gasteiger partial charge in [0.1, 0.15) is 18.1 Å². The molecule has 196 valence electrons. The molecule has 0 spiro atoms. The molecule has 0 saturated heterocycles. The lowest BCUT2D eigenvalue weighted by Crippen LogP contribution is -2.37. The van der Waals surface area contributed by atoms with E-state index in [2.05, 4.69) is 37.5 Å². The second kappa shape index (κ2) is 10.9. The fourth-order valence-electron chi connectivity index (χ4n) is 4.13. The van der Waals surface area contributed by atoms with Crippen molar-refractivity contribution in [2.24, 2.45) is 0 Å². The van der Waals surface area contributed by atoms with Crippen molar-refractivity contribution in [1.29, 1.82) is 0 Å². The Bertz CT molecular complexity index is 1530. The van der Waals surface area contributed by atoms with Gasteiger partial charge in [0.2, 0.25) is 0 Å². The van der Waals surface area contributed by atoms with E-state index in [4.69, 9.17) is 9.47 Å². The monoisotopic (exact) mass is 512 g/mol. The van der Waals surface area contributed by atoms with Gasteiger partial charge in [-0.05, 0) is 61.2 Å². The van der Waals surface area contributed by atoms with Gasteiger partial charge < -0.3 is 14.6 Å². The predicted molar refractivity (Wildman–Crippen MR) is 149 cm³/mol. The van der Waals surface area contributed by atoms with E-state index < -0.39 is 17.3 Å². The van der Waals surface area contributed by atoms with Crippen LogP contribution in [0.25, 0.3) is 22.2 Å². The summed E-state index contributed by atoms with van der Waals surface area (Å²) in [5.74, 6) is 0.375. The highest BCUT2D eigenvalue weighted by molar-refractivity contribution is 5.93. The molecule has 7 nitrogen and oxygen atoms in total. The number of hydrogen-bond donors (Lipinski definition) is 1. The minimum atomic E-state index is -1.39. The molecule has 38 heavy (non-hydrogen) atoms. The van der Waals surface area contributed by atoms with E-state index in [1.54, 1.807) is 28.8 Å². The third-order valence-corrected chi connectivity index (χ3v) is 6.30. The van der Waals surface area contributed by atoms with Crippen LogP contribution in [0.1, 0.15) is 44.7 Å². The van der Waals surface area contributed by atoms with E-state index in [0.717, 1.165) is 16.5 Å². The Balaban J connectivity index is 1.80. The molecule has 1 N–H and O–H groups in total. The molecule has 0 atom stereocenters. The van der Waals surface area contributed by atoms with Crippen molar-refractivity contribution in [2.75, 3.05) is 6.61 Å². The highest BCUT2D eigenvalue weighted by Crippen LogP contribution is 2.30. The van der Waals surface area contributed by atoms with Gasteiger partial charge in [0, 0.05) is 10.9 Å². The van der Waals surface area contributed by atoms with E-state index in [1.807, 2.05) is 36.4 Å². The summed E-state index contributed by atoms with van der Waals surface area (Å²) in [6.07, 6.45) is 1.68. The van der Waals surface area contributed by atoms with Crippen molar-refractivity contribution < 1.29 is 19.4 Å². The standard InChI is InChI=1S/C31H32N2O5/c1-6-16-37-24-14-15-27-26(18-24)28(23-12-10-22(11-13-23)20(2)3)32-30(36)33(27)19-21-8-7-9-25(17-21)38-31(4,5)29(34)35/h6-15,17-18,20H,1,16,19H2,2-5H3,(H,34,35). The Labute approximate surface area is 222 Å². The molecule has 0 radical (unpaired) electrons. The first-order valence-electron chi connectivity index (χ1n) is 12.5. The molecule has 0 fully saturated rings. The maximum Gasteiger partial charge on any atom is 0.348 e. The van der Waals surface area contributed by atoms with Crippen LogP contribution in [0.15, 0.2) is 84.2 Å². The van der Waals surface area contributed by atoms with Crippen molar-refractivity contribution in [1.82, 2.24) is 9.55 Å². The second-order valence-corrected chi connectivity index (χ2v) is 9.95. The molecule has 1 heterocycles. The van der Waals surface area contributed by atoms with E-state index in [-0.39, 0.29) is 6.54 Å². The molecule has 0 aliphatic carbocycles. The van der Waals surface area contributed by atoms with Crippen LogP contribution in [0.5, 0.6) is 11.5 Å². The molecule has 7 heteroatoms. The number of aliphatic carboxylic acids is 1. The molecule has 0 amide bonds. The topological polar surface area (TPSA) is 90.6 Å². The largest absolute Gasteiger partial charge is 0.490 e. The summed E-state index contributed by atoms with van der Waals surface area (Å²) >= 11 is 0. The van der Waals surface area contributed by atoms with Crippen molar-refractivity contribution in [3.8, 4) is 22.8 Å². The average molecular weight is 513 g/mol. The fourth-order valence-corrected chi connectivity index (χ4v) is 4.13. The number of nitrogens with zero attached hydrogens (tertiary/aromatic N) is 2. The minimum absolute atomic E-state index is 0.229. The zero-order valence-electron chi connectivity index (χ0n) is 22.1. The minimum Gasteiger partial charge on any atom is -0.490 e. The van der Waals surface area contributed by atoms with Crippen LogP contribution in [-0.2, 0) is 11.3 Å². The van der Waals surface area contributed by atoms with Crippen molar-refractivity contribution >= 4 is 16.9 Å². The van der Waals surface area contributed by atoms with E-state index in [0.29, 0.717) is 35.2 Å². The fraction of sp³-hybridized carbons (Fsp3) is 0.258. The number of carbonyl (C=O) groups is 1. The first kappa shape index (κ1) is 26.7. The van der Waals surface area contributed by atoms with Crippen molar-refractivity contribution in [3.63, 3.8) is 0 Å². The predicted octanol–water partition coefficient (Wildman–Crippen LogP) is 6.04. The molecule has 4 rings (SSSR count). The van der Waals surface area contributed by atoms with Gasteiger partial charge in [0.25, 0.3) is 0 Å². The molecular weight excluding hydrogens is 480 g/mol. The van der Waals surface area contributed by atoms with Gasteiger partial charge in [-0.3, -0.25) is 4.57 Å². The maximum atomic E-state index is 13.4. The van der Waals surface area contributed by atoms with Gasteiger partial charge in [0.05, 0.1) is 17.8 Å². The SMILES string of the molecule is C=CCOc1ccc2c(c1)c(-c1ccc(C(C)C)cc1)nc(=O)n2Cc1cccc(OC(C)(C)C(=O)O)c1. The zero-order chi connectivity index (χ0) is 27.4. The van der Waals surface area contributed by atoms with E-state index in [1.165, 1.54) is 19.4 Å². The Hall–Kier alpha value is -4.39. The normalized spacial score (nSPS) is 11.5. The summed E-state index contributed by atoms with van der Waals surface area (Å²) in [5, 5.41) is 10.2. The molecule has 0 unspecified atom stereocenters. The van der Waals surface area contributed by atoms with Crippen molar-refractivity contribution in [3.05, 3.63) is 101 Å². The van der Waals surface area contributed by atoms with Crippen LogP contribution >= 0.6 is 0 Å². The lowest BCUT2D eigenvalue weighted by molar-refractivity contribution is -0.152. The van der Waals surface area contributed by atoms with Crippen LogP contribution in [-0.4, -0.2) is 32.8 Å². The molecule has 1 aromatic heterocycles. The molecule has 0 saturated carbocycles. The lowest BCUT2D eigenvalue weighted by atomic mass is 9.99. The number of carboxylic acid groups (broad SMARTS) is 1. The summed E-state index contributed by atoms with van der Waals surface area (Å²) in [5.41, 5.74) is 2.33. The number of hydrogen-bond acceptors (Lipinski definition) is 5. The van der Waals surface area contributed by atoms with Crippen LogP contribution < -0.4 is 15.2 Å². The Morgan fingerprint density at radius 2 is 1.82 bits per heavy atom. The second-order valence-electron chi connectivity index (χ2n) is 9.95. The van der Waals surface area contributed by atoms with Crippen molar-refractivity contribution in [2.45, 2.75) is 45.8 Å². The first-order valence-corrected chi connectivity index (χ1v) is 12.5. The van der Waals surface area contributed by atoms with Crippen LogP contribution in [0, 0.1) is 0 Å². The smallest absolute Gasteiger partial charge is 0.348 e. The Morgan fingerprint density at radius 1 is 1.08 bits per heavy atom. The number of aromatic nitrogens is 2. The van der Waals surface area contributed by atoms with Crippen LogP contribution in [0.3, 0.4) is 0 Å². The molecule has 0 aliphatic heterocycles. The molecule has 0 aliphatic rings. The average Bonchev–Trinajstić information content (AvgIpc) is 2.88. The summed E-state index contributed by atoms with van der Waals surface area (Å²) in [4.78, 5) is 29.3. The van der Waals surface area contributed by atoms with Crippen LogP contribution in [0.4, 0.5) is 0 Å². The summed E-state index contributed by atoms with van der Waals surface area (Å²) in [6.45, 7) is 11.5. The first-order chi connectivity index (χ1) is 18.1. The van der Waals surface area contributed by atoms with Gasteiger partial charge in [-0.15, -0.1) is 0 Å². The Morgan fingerprint density at radius 3 is 2.47 bits per heavy atom. The highest BCUT2D eigenvalue weighted by Gasteiger charge is 2.29. The van der Waals surface area contributed by atoms with Gasteiger partial charge in [0.15, 0.2) is 5.60 Å². The van der Waals surface area contributed by atoms with E-state index in [9.17, 15) is 14.7 Å². The lowest BCUT2D eigenvalue weighted by Gasteiger charge is -2.22. The maximum absolute atomic E-state index is 13.4. The molecule has 3 aromatic carbocycles. The quantitative estimate of drug-likeness (QED) is 0.261. The number of rotatable bonds is 10. The number of carboxylic acids is 1. The van der Waals surface area contributed by atoms with Gasteiger partial charge in [-0.1, -0.05) is 62.9 Å². The molecule has 4 aromatic rings. The third-order valence-electron chi connectivity index (χ3n) is 6.30. The third kappa shape index (κ3) is 5.78. The zero-order valence-corrected chi connectivity index (χ0v) is 22.1. The van der Waals surface area contributed by atoms with Gasteiger partial charge >= 0.3 is 11.7 Å². The number of fused-ring (bicyclic) bond motifs is 1. The molecular formula is C31H32N2O5. The van der Waals surface area contributed by atoms with Gasteiger partial charge in [-0.2, -0.15) is 4.98 Å². The van der Waals surface area contributed by atoms with Crippen LogP contribution in [0.2, 0.25) is 0 Å². The Kier molecular flexibility index (Phi) is 7.67. The summed E-state index contributed by atoms with van der Waals surface area (Å²) in [7, 11) is 0. The number of benzene rings is 3.